The summed E-state index contributed by atoms with van der Waals surface area (Å²) in [4.78, 5) is 0. The Morgan fingerprint density at radius 2 is 2.00 bits per heavy atom. The van der Waals surface area contributed by atoms with Crippen LogP contribution in [-0.2, 0) is 6.54 Å². The van der Waals surface area contributed by atoms with Crippen LogP contribution in [0.1, 0.15) is 27.7 Å². The van der Waals surface area contributed by atoms with Gasteiger partial charge in [0, 0.05) is 16.3 Å². The van der Waals surface area contributed by atoms with Crippen molar-refractivity contribution in [2.24, 2.45) is 11.3 Å². The highest BCUT2D eigenvalue weighted by Crippen LogP contribution is 2.30. The van der Waals surface area contributed by atoms with Crippen LogP contribution in [-0.4, -0.2) is 20.2 Å². The van der Waals surface area contributed by atoms with E-state index in [-0.39, 0.29) is 5.41 Å². The second-order valence-electron chi connectivity index (χ2n) is 6.08. The van der Waals surface area contributed by atoms with Gasteiger partial charge in [-0.15, -0.1) is 5.10 Å². The number of hydrogen-bond acceptors (Lipinski definition) is 4. The summed E-state index contributed by atoms with van der Waals surface area (Å²) in [6.45, 7) is 9.53. The van der Waals surface area contributed by atoms with Crippen molar-refractivity contribution in [3.05, 3.63) is 23.2 Å². The summed E-state index contributed by atoms with van der Waals surface area (Å²) >= 11 is 6.05. The maximum Gasteiger partial charge on any atom is 0.182 e. The number of rotatable bonds is 4. The van der Waals surface area contributed by atoms with Crippen LogP contribution >= 0.6 is 11.6 Å². The zero-order valence-electron chi connectivity index (χ0n) is 12.3. The van der Waals surface area contributed by atoms with E-state index in [0.29, 0.717) is 22.5 Å². The Balaban J connectivity index is 2.38. The molecule has 0 saturated carbocycles. The molecule has 20 heavy (non-hydrogen) atoms. The zero-order valence-corrected chi connectivity index (χ0v) is 13.0. The van der Waals surface area contributed by atoms with Gasteiger partial charge in [0.25, 0.3) is 0 Å². The molecule has 0 fully saturated rings. The zero-order chi connectivity index (χ0) is 14.9. The Morgan fingerprint density at radius 1 is 1.30 bits per heavy atom. The molecule has 0 atom stereocenters. The van der Waals surface area contributed by atoms with Crippen molar-refractivity contribution in [3.63, 3.8) is 0 Å². The molecule has 0 aliphatic heterocycles. The van der Waals surface area contributed by atoms with Crippen LogP contribution in [0, 0.1) is 11.3 Å². The molecule has 1 aromatic heterocycles. The minimum absolute atomic E-state index is 0.0915. The first-order chi connectivity index (χ1) is 9.29. The highest BCUT2D eigenvalue weighted by Gasteiger charge is 2.25. The van der Waals surface area contributed by atoms with E-state index in [2.05, 4.69) is 43.2 Å². The molecule has 2 rings (SSSR count). The molecule has 108 valence electrons. The normalized spacial score (nSPS) is 12.1. The molecule has 0 unspecified atom stereocenters. The van der Waals surface area contributed by atoms with Crippen molar-refractivity contribution < 1.29 is 0 Å². The Kier molecular flexibility index (Phi) is 3.99. The molecule has 0 aliphatic rings. The van der Waals surface area contributed by atoms with Gasteiger partial charge in [0.1, 0.15) is 0 Å². The number of hydrogen-bond donors (Lipinski definition) is 1. The minimum atomic E-state index is 0.0915. The van der Waals surface area contributed by atoms with E-state index in [1.807, 2.05) is 16.8 Å². The van der Waals surface area contributed by atoms with Crippen molar-refractivity contribution in [1.29, 1.82) is 0 Å². The van der Waals surface area contributed by atoms with Gasteiger partial charge in [-0.25, -0.2) is 4.68 Å². The summed E-state index contributed by atoms with van der Waals surface area (Å²) < 4.78 is 1.81. The summed E-state index contributed by atoms with van der Waals surface area (Å²) in [7, 11) is 0. The van der Waals surface area contributed by atoms with Crippen molar-refractivity contribution >= 4 is 17.3 Å². The van der Waals surface area contributed by atoms with Crippen LogP contribution in [0.2, 0.25) is 5.02 Å². The summed E-state index contributed by atoms with van der Waals surface area (Å²) in [5, 5.41) is 12.6. The lowest BCUT2D eigenvalue weighted by molar-refractivity contribution is 0.200. The minimum Gasteiger partial charge on any atom is -0.399 e. The summed E-state index contributed by atoms with van der Waals surface area (Å²) in [6, 6.07) is 5.36. The van der Waals surface area contributed by atoms with Crippen molar-refractivity contribution in [2.45, 2.75) is 34.2 Å². The van der Waals surface area contributed by atoms with Gasteiger partial charge in [0.15, 0.2) is 5.82 Å². The molecule has 0 spiro atoms. The largest absolute Gasteiger partial charge is 0.399 e. The number of nitrogens with zero attached hydrogens (tertiary/aromatic N) is 4. The Bertz CT molecular complexity index is 583. The fourth-order valence-corrected chi connectivity index (χ4v) is 2.07. The average Bonchev–Trinajstić information content (AvgIpc) is 2.74. The van der Waals surface area contributed by atoms with E-state index in [9.17, 15) is 0 Å². The van der Waals surface area contributed by atoms with Gasteiger partial charge in [-0.2, -0.15) is 0 Å². The molecule has 0 radical (unpaired) electrons. The number of halogens is 1. The first-order valence-corrected chi connectivity index (χ1v) is 7.00. The summed E-state index contributed by atoms with van der Waals surface area (Å²) in [5.74, 6) is 1.21. The summed E-state index contributed by atoms with van der Waals surface area (Å²) in [5.41, 5.74) is 7.36. The van der Waals surface area contributed by atoms with E-state index >= 15 is 0 Å². The monoisotopic (exact) mass is 293 g/mol. The highest BCUT2D eigenvalue weighted by atomic mass is 35.5. The number of tetrazole rings is 1. The fourth-order valence-electron chi connectivity index (χ4n) is 1.83. The molecule has 6 heteroatoms. The third-order valence-corrected chi connectivity index (χ3v) is 4.05. The van der Waals surface area contributed by atoms with Crippen LogP contribution in [0.5, 0.6) is 0 Å². The number of aromatic nitrogens is 4. The standard InChI is InChI=1S/C14H20ClN5/c1-9(2)14(3,4)8-20-13(17-18-19-20)10-5-11(15)7-12(16)6-10/h5-7,9H,8,16H2,1-4H3. The van der Waals surface area contributed by atoms with Crippen LogP contribution in [0.25, 0.3) is 11.4 Å². The van der Waals surface area contributed by atoms with Crippen LogP contribution in [0.15, 0.2) is 18.2 Å². The fraction of sp³-hybridized carbons (Fsp3) is 0.500. The van der Waals surface area contributed by atoms with Gasteiger partial charge in [-0.3, -0.25) is 0 Å². The van der Waals surface area contributed by atoms with Gasteiger partial charge < -0.3 is 5.73 Å². The Hall–Kier alpha value is -1.62. The molecular weight excluding hydrogens is 274 g/mol. The van der Waals surface area contributed by atoms with E-state index in [1.54, 1.807) is 6.07 Å². The van der Waals surface area contributed by atoms with Crippen molar-refractivity contribution in [3.8, 4) is 11.4 Å². The second-order valence-corrected chi connectivity index (χ2v) is 6.51. The van der Waals surface area contributed by atoms with Gasteiger partial charge in [0.05, 0.1) is 6.54 Å². The molecule has 1 heterocycles. The van der Waals surface area contributed by atoms with Crippen LogP contribution in [0.3, 0.4) is 0 Å². The maximum atomic E-state index is 6.05. The predicted octanol–water partition coefficient (Wildman–Crippen LogP) is 3.26. The Morgan fingerprint density at radius 3 is 2.60 bits per heavy atom. The third-order valence-electron chi connectivity index (χ3n) is 3.83. The first kappa shape index (κ1) is 14.8. The smallest absolute Gasteiger partial charge is 0.182 e. The lowest BCUT2D eigenvalue weighted by atomic mass is 9.81. The molecule has 5 nitrogen and oxygen atoms in total. The van der Waals surface area contributed by atoms with E-state index in [0.717, 1.165) is 12.1 Å². The number of anilines is 1. The van der Waals surface area contributed by atoms with Gasteiger partial charge >= 0.3 is 0 Å². The molecule has 0 aliphatic carbocycles. The summed E-state index contributed by atoms with van der Waals surface area (Å²) in [6.07, 6.45) is 0. The van der Waals surface area contributed by atoms with E-state index in [4.69, 9.17) is 17.3 Å². The molecule has 0 bridgehead atoms. The van der Waals surface area contributed by atoms with E-state index in [1.165, 1.54) is 0 Å². The molecule has 0 saturated heterocycles. The molecule has 1 aromatic carbocycles. The molecule has 2 N–H and O–H groups in total. The third kappa shape index (κ3) is 3.10. The topological polar surface area (TPSA) is 69.6 Å². The highest BCUT2D eigenvalue weighted by molar-refractivity contribution is 6.31. The predicted molar refractivity (Wildman–Crippen MR) is 81.3 cm³/mol. The second kappa shape index (κ2) is 5.40. The van der Waals surface area contributed by atoms with Gasteiger partial charge in [-0.05, 0) is 40.0 Å². The lowest BCUT2D eigenvalue weighted by Crippen LogP contribution is -2.26. The van der Waals surface area contributed by atoms with Crippen molar-refractivity contribution in [2.75, 3.05) is 5.73 Å². The quantitative estimate of drug-likeness (QED) is 0.879. The van der Waals surface area contributed by atoms with Crippen LogP contribution in [0.4, 0.5) is 5.69 Å². The number of nitrogens with two attached hydrogens (primary N) is 1. The molecule has 0 amide bonds. The van der Waals surface area contributed by atoms with E-state index < -0.39 is 0 Å². The lowest BCUT2D eigenvalue weighted by Gasteiger charge is -2.29. The Labute approximate surface area is 124 Å². The van der Waals surface area contributed by atoms with Gasteiger partial charge in [0.2, 0.25) is 0 Å². The molecular formula is C14H20ClN5. The van der Waals surface area contributed by atoms with Gasteiger partial charge in [-0.1, -0.05) is 39.3 Å². The molecule has 2 aromatic rings. The van der Waals surface area contributed by atoms with Crippen LogP contribution < -0.4 is 5.73 Å². The maximum absolute atomic E-state index is 6.05. The SMILES string of the molecule is CC(C)C(C)(C)Cn1nnnc1-c1cc(N)cc(Cl)c1. The van der Waals surface area contributed by atoms with Crippen molar-refractivity contribution in [1.82, 2.24) is 20.2 Å². The number of nitrogen functional groups attached to an aromatic ring is 1. The number of benzene rings is 1. The first-order valence-electron chi connectivity index (χ1n) is 6.62. The average molecular weight is 294 g/mol.